The number of benzene rings is 8. The van der Waals surface area contributed by atoms with Gasteiger partial charge < -0.3 is 9.13 Å². The van der Waals surface area contributed by atoms with E-state index in [0.29, 0.717) is 0 Å². The van der Waals surface area contributed by atoms with Gasteiger partial charge in [0.1, 0.15) is 0 Å². The van der Waals surface area contributed by atoms with Crippen molar-refractivity contribution in [2.24, 2.45) is 0 Å². The Hall–Kier alpha value is -6.38. The zero-order valence-electron chi connectivity index (χ0n) is 26.2. The summed E-state index contributed by atoms with van der Waals surface area (Å²) in [4.78, 5) is 0. The first-order chi connectivity index (χ1) is 23.8. The summed E-state index contributed by atoms with van der Waals surface area (Å²) in [7, 11) is 0. The van der Waals surface area contributed by atoms with Gasteiger partial charge in [-0.2, -0.15) is 0 Å². The lowest BCUT2D eigenvalue weighted by Gasteiger charge is -2.13. The minimum absolute atomic E-state index is 1.15. The maximum absolute atomic E-state index is 2.43. The average molecular weight is 611 g/mol. The van der Waals surface area contributed by atoms with Gasteiger partial charge in [0, 0.05) is 32.9 Å². The van der Waals surface area contributed by atoms with Crippen LogP contribution in [0, 0.1) is 0 Å². The van der Waals surface area contributed by atoms with Crippen LogP contribution in [0.15, 0.2) is 182 Å². The molecule has 48 heavy (non-hydrogen) atoms. The van der Waals surface area contributed by atoms with Gasteiger partial charge in [-0.15, -0.1) is 0 Å². The molecule has 0 amide bonds. The third kappa shape index (κ3) is 4.00. The molecule has 224 valence electrons. The molecule has 0 aliphatic heterocycles. The molecule has 0 radical (unpaired) electrons. The normalized spacial score (nSPS) is 11.8. The smallest absolute Gasteiger partial charge is 0.0548 e. The summed E-state index contributed by atoms with van der Waals surface area (Å²) < 4.78 is 4.86. The van der Waals surface area contributed by atoms with E-state index in [0.717, 1.165) is 5.69 Å². The molecule has 8 aromatic carbocycles. The molecule has 0 N–H and O–H groups in total. The van der Waals surface area contributed by atoms with Gasteiger partial charge in [0.25, 0.3) is 0 Å². The zero-order chi connectivity index (χ0) is 31.6. The Morgan fingerprint density at radius 2 is 0.771 bits per heavy atom. The number of rotatable bonds is 4. The molecule has 0 bridgehead atoms. The molecule has 0 spiro atoms. The minimum Gasteiger partial charge on any atom is -0.309 e. The molecule has 2 aromatic heterocycles. The third-order valence-corrected chi connectivity index (χ3v) is 9.91. The molecule has 10 rings (SSSR count). The molecule has 0 atom stereocenters. The number of nitrogens with zero attached hydrogens (tertiary/aromatic N) is 2. The number of fused-ring (bicyclic) bond motifs is 8. The highest BCUT2D eigenvalue weighted by Crippen LogP contribution is 2.43. The Kier molecular flexibility index (Phi) is 5.91. The first kappa shape index (κ1) is 26.8. The van der Waals surface area contributed by atoms with Crippen molar-refractivity contribution in [3.8, 4) is 33.6 Å². The molecule has 2 heteroatoms. The topological polar surface area (TPSA) is 9.86 Å². The van der Waals surface area contributed by atoms with Crippen LogP contribution in [0.3, 0.4) is 0 Å². The summed E-state index contributed by atoms with van der Waals surface area (Å²) in [5, 5.41) is 7.60. The highest BCUT2D eigenvalue weighted by atomic mass is 15.0. The van der Waals surface area contributed by atoms with Gasteiger partial charge in [0.15, 0.2) is 0 Å². The van der Waals surface area contributed by atoms with Gasteiger partial charge >= 0.3 is 0 Å². The van der Waals surface area contributed by atoms with Gasteiger partial charge in [0.05, 0.1) is 22.1 Å². The second kappa shape index (κ2) is 10.6. The zero-order valence-corrected chi connectivity index (χ0v) is 26.2. The van der Waals surface area contributed by atoms with Gasteiger partial charge in [-0.1, -0.05) is 133 Å². The van der Waals surface area contributed by atoms with Crippen molar-refractivity contribution < 1.29 is 0 Å². The summed E-state index contributed by atoms with van der Waals surface area (Å²) in [5.74, 6) is 0. The van der Waals surface area contributed by atoms with Crippen molar-refractivity contribution in [1.82, 2.24) is 9.13 Å². The van der Waals surface area contributed by atoms with Crippen LogP contribution in [-0.2, 0) is 0 Å². The van der Waals surface area contributed by atoms with Crippen molar-refractivity contribution in [3.63, 3.8) is 0 Å². The predicted molar refractivity (Wildman–Crippen MR) is 203 cm³/mol. The van der Waals surface area contributed by atoms with Crippen LogP contribution in [0.4, 0.5) is 0 Å². The molecular weight excluding hydrogens is 581 g/mol. The summed E-state index contributed by atoms with van der Waals surface area (Å²) in [6.45, 7) is 0. The Morgan fingerprint density at radius 3 is 1.42 bits per heavy atom. The highest BCUT2D eigenvalue weighted by Gasteiger charge is 2.20. The van der Waals surface area contributed by atoms with Crippen LogP contribution in [-0.4, -0.2) is 9.13 Å². The van der Waals surface area contributed by atoms with Crippen molar-refractivity contribution >= 4 is 54.4 Å². The van der Waals surface area contributed by atoms with Gasteiger partial charge in [-0.25, -0.2) is 0 Å². The van der Waals surface area contributed by atoms with Gasteiger partial charge in [-0.05, 0) is 81.6 Å². The molecule has 0 unspecified atom stereocenters. The molecule has 0 saturated carbocycles. The molecule has 2 heterocycles. The van der Waals surface area contributed by atoms with Crippen LogP contribution in [0.5, 0.6) is 0 Å². The highest BCUT2D eigenvalue weighted by molar-refractivity contribution is 6.29. The van der Waals surface area contributed by atoms with Crippen molar-refractivity contribution in [3.05, 3.63) is 182 Å². The largest absolute Gasteiger partial charge is 0.309 e. The Morgan fingerprint density at radius 1 is 0.292 bits per heavy atom. The van der Waals surface area contributed by atoms with Crippen LogP contribution >= 0.6 is 0 Å². The number of hydrogen-bond donors (Lipinski definition) is 0. The van der Waals surface area contributed by atoms with E-state index in [1.165, 1.54) is 82.3 Å². The predicted octanol–water partition coefficient (Wildman–Crippen LogP) is 12.4. The average Bonchev–Trinajstić information content (AvgIpc) is 3.68. The Labute approximate surface area is 278 Å². The van der Waals surface area contributed by atoms with E-state index in [1.807, 2.05) is 0 Å². The monoisotopic (exact) mass is 610 g/mol. The first-order valence-electron chi connectivity index (χ1n) is 16.5. The van der Waals surface area contributed by atoms with Crippen molar-refractivity contribution in [2.45, 2.75) is 0 Å². The number of hydrogen-bond acceptors (Lipinski definition) is 0. The molecule has 0 aliphatic rings. The second-order valence-electron chi connectivity index (χ2n) is 12.5. The maximum Gasteiger partial charge on any atom is 0.0548 e. The standard InChI is InChI=1S/C46H30N2/c1-2-13-32(14-3-1)37-16-6-7-17-38(37)33-23-25-35(26-24-33)47-41-20-10-8-18-39(41)45-43(47)28-29-44-46(45)40-19-9-11-21-42(40)48(44)36-27-22-31-12-4-5-15-34(31)30-36/h1-30H. The molecule has 0 aliphatic carbocycles. The van der Waals surface area contributed by atoms with E-state index in [-0.39, 0.29) is 0 Å². The fourth-order valence-corrected chi connectivity index (χ4v) is 7.78. The fourth-order valence-electron chi connectivity index (χ4n) is 7.78. The lowest BCUT2D eigenvalue weighted by atomic mass is 9.94. The van der Waals surface area contributed by atoms with E-state index in [9.17, 15) is 0 Å². The first-order valence-corrected chi connectivity index (χ1v) is 16.5. The summed E-state index contributed by atoms with van der Waals surface area (Å²) >= 11 is 0. The van der Waals surface area contributed by atoms with Crippen LogP contribution in [0.1, 0.15) is 0 Å². The molecule has 0 saturated heterocycles. The molecule has 0 fully saturated rings. The van der Waals surface area contributed by atoms with E-state index < -0.39 is 0 Å². The second-order valence-corrected chi connectivity index (χ2v) is 12.5. The SMILES string of the molecule is c1ccc(-c2ccccc2-c2ccc(-n3c4ccccc4c4c5c6ccccc6n(-c6ccc7ccccc7c6)c5ccc43)cc2)cc1. The summed E-state index contributed by atoms with van der Waals surface area (Å²) in [5.41, 5.74) is 12.1. The van der Waals surface area contributed by atoms with E-state index in [2.05, 4.69) is 191 Å². The lowest BCUT2D eigenvalue weighted by Crippen LogP contribution is -1.95. The quantitative estimate of drug-likeness (QED) is 0.188. The van der Waals surface area contributed by atoms with Crippen LogP contribution in [0.2, 0.25) is 0 Å². The van der Waals surface area contributed by atoms with Crippen LogP contribution < -0.4 is 0 Å². The molecular formula is C46H30N2. The lowest BCUT2D eigenvalue weighted by molar-refractivity contribution is 1.17. The van der Waals surface area contributed by atoms with E-state index >= 15 is 0 Å². The maximum atomic E-state index is 2.43. The minimum atomic E-state index is 1.15. The Balaban J connectivity index is 1.20. The number of para-hydroxylation sites is 2. The Bertz CT molecular complexity index is 2820. The van der Waals surface area contributed by atoms with Crippen LogP contribution in [0.25, 0.3) is 88.0 Å². The number of aromatic nitrogens is 2. The third-order valence-electron chi connectivity index (χ3n) is 9.91. The fraction of sp³-hybridized carbons (Fsp3) is 0. The van der Waals surface area contributed by atoms with Gasteiger partial charge in [-0.3, -0.25) is 0 Å². The van der Waals surface area contributed by atoms with E-state index in [1.54, 1.807) is 0 Å². The van der Waals surface area contributed by atoms with Crippen molar-refractivity contribution in [2.75, 3.05) is 0 Å². The van der Waals surface area contributed by atoms with Crippen molar-refractivity contribution in [1.29, 1.82) is 0 Å². The van der Waals surface area contributed by atoms with Gasteiger partial charge in [0.2, 0.25) is 0 Å². The van der Waals surface area contributed by atoms with E-state index in [4.69, 9.17) is 0 Å². The summed E-state index contributed by atoms with van der Waals surface area (Å²) in [6.07, 6.45) is 0. The molecule has 2 nitrogen and oxygen atoms in total. The molecule has 10 aromatic rings. The summed E-state index contributed by atoms with van der Waals surface area (Å²) in [6, 6.07) is 66.1.